The lowest BCUT2D eigenvalue weighted by Gasteiger charge is -2.17. The van der Waals surface area contributed by atoms with Crippen molar-refractivity contribution < 1.29 is 14.1 Å². The van der Waals surface area contributed by atoms with Gasteiger partial charge in [-0.2, -0.15) is 0 Å². The normalized spacial score (nSPS) is 17.1. The number of hydrogen-bond acceptors (Lipinski definition) is 4. The minimum absolute atomic E-state index is 0.0959. The second-order valence-electron chi connectivity index (χ2n) is 6.52. The van der Waals surface area contributed by atoms with Gasteiger partial charge < -0.3 is 14.7 Å². The molecule has 2 heterocycles. The van der Waals surface area contributed by atoms with E-state index in [2.05, 4.69) is 22.6 Å². The van der Waals surface area contributed by atoms with Crippen molar-refractivity contribution in [3.63, 3.8) is 0 Å². The molecule has 0 aliphatic carbocycles. The first-order valence-corrected chi connectivity index (χ1v) is 8.55. The van der Waals surface area contributed by atoms with Crippen LogP contribution in [-0.4, -0.2) is 41.0 Å². The van der Waals surface area contributed by atoms with Crippen molar-refractivity contribution in [2.24, 2.45) is 0 Å². The number of nitrogens with one attached hydrogen (secondary N) is 1. The molecule has 0 spiro atoms. The van der Waals surface area contributed by atoms with Crippen LogP contribution in [0.5, 0.6) is 0 Å². The van der Waals surface area contributed by atoms with Crippen LogP contribution in [0.2, 0.25) is 0 Å². The minimum Gasteiger partial charge on any atom is -0.361 e. The third kappa shape index (κ3) is 4.26. The van der Waals surface area contributed by atoms with E-state index in [1.54, 1.807) is 6.92 Å². The quantitative estimate of drug-likeness (QED) is 0.869. The average Bonchev–Trinajstić information content (AvgIpc) is 3.10. The SMILES string of the molecule is Cc1noc(C)c1CC(=O)N[C@@H]1CC(=O)N(CCc2ccccc2)C1. The summed E-state index contributed by atoms with van der Waals surface area (Å²) >= 11 is 0. The fourth-order valence-electron chi connectivity index (χ4n) is 3.19. The van der Waals surface area contributed by atoms with Crippen LogP contribution in [-0.2, 0) is 22.4 Å². The fraction of sp³-hybridized carbons (Fsp3) is 0.421. The molecule has 0 radical (unpaired) electrons. The molecule has 1 N–H and O–H groups in total. The molecular formula is C19H23N3O3. The summed E-state index contributed by atoms with van der Waals surface area (Å²) < 4.78 is 5.08. The zero-order chi connectivity index (χ0) is 17.8. The number of aryl methyl sites for hydroxylation is 2. The Morgan fingerprint density at radius 2 is 2.08 bits per heavy atom. The molecular weight excluding hydrogens is 318 g/mol. The Balaban J connectivity index is 1.49. The number of nitrogens with zero attached hydrogens (tertiary/aromatic N) is 2. The Bertz CT molecular complexity index is 735. The number of aromatic nitrogens is 1. The minimum atomic E-state index is -0.128. The van der Waals surface area contributed by atoms with Gasteiger partial charge in [0.2, 0.25) is 11.8 Å². The summed E-state index contributed by atoms with van der Waals surface area (Å²) in [6.07, 6.45) is 1.42. The lowest BCUT2D eigenvalue weighted by atomic mass is 10.1. The monoisotopic (exact) mass is 341 g/mol. The lowest BCUT2D eigenvalue weighted by Crippen LogP contribution is -2.38. The topological polar surface area (TPSA) is 75.4 Å². The molecule has 1 fully saturated rings. The van der Waals surface area contributed by atoms with Gasteiger partial charge >= 0.3 is 0 Å². The molecule has 1 aliphatic rings. The summed E-state index contributed by atoms with van der Waals surface area (Å²) in [5.74, 6) is 0.662. The van der Waals surface area contributed by atoms with Crippen molar-refractivity contribution in [2.75, 3.05) is 13.1 Å². The highest BCUT2D eigenvalue weighted by atomic mass is 16.5. The molecule has 25 heavy (non-hydrogen) atoms. The van der Waals surface area contributed by atoms with Crippen LogP contribution >= 0.6 is 0 Å². The first kappa shape index (κ1) is 17.2. The smallest absolute Gasteiger partial charge is 0.224 e. The predicted octanol–water partition coefficient (Wildman–Crippen LogP) is 1.79. The van der Waals surface area contributed by atoms with Gasteiger partial charge in [0.05, 0.1) is 18.2 Å². The molecule has 132 valence electrons. The summed E-state index contributed by atoms with van der Waals surface area (Å²) in [7, 11) is 0. The summed E-state index contributed by atoms with van der Waals surface area (Å²) in [5.41, 5.74) is 2.77. The van der Waals surface area contributed by atoms with Crippen LogP contribution in [0.3, 0.4) is 0 Å². The summed E-state index contributed by atoms with van der Waals surface area (Å²) in [6, 6.07) is 9.97. The van der Waals surface area contributed by atoms with Crippen LogP contribution in [0, 0.1) is 13.8 Å². The van der Waals surface area contributed by atoms with E-state index in [9.17, 15) is 9.59 Å². The molecule has 0 saturated carbocycles. The molecule has 6 nitrogen and oxygen atoms in total. The number of carbonyl (C=O) groups is 2. The van der Waals surface area contributed by atoms with Gasteiger partial charge in [0.1, 0.15) is 5.76 Å². The molecule has 1 aromatic heterocycles. The Morgan fingerprint density at radius 1 is 1.32 bits per heavy atom. The third-order valence-electron chi connectivity index (χ3n) is 4.61. The Labute approximate surface area is 147 Å². The first-order chi connectivity index (χ1) is 12.0. The second-order valence-corrected chi connectivity index (χ2v) is 6.52. The van der Waals surface area contributed by atoms with Crippen LogP contribution < -0.4 is 5.32 Å². The standard InChI is InChI=1S/C19H23N3O3/c1-13-17(14(2)25-21-13)11-18(23)20-16-10-19(24)22(12-16)9-8-15-6-4-3-5-7-15/h3-7,16H,8-12H2,1-2H3,(H,20,23)/t16-/m1/s1. The van der Waals surface area contributed by atoms with Gasteiger partial charge in [-0.3, -0.25) is 9.59 Å². The van der Waals surface area contributed by atoms with Gasteiger partial charge in [-0.1, -0.05) is 35.5 Å². The number of carbonyl (C=O) groups excluding carboxylic acids is 2. The van der Waals surface area contributed by atoms with Gasteiger partial charge in [0, 0.05) is 25.1 Å². The van der Waals surface area contributed by atoms with E-state index in [1.807, 2.05) is 30.0 Å². The number of hydrogen-bond donors (Lipinski definition) is 1. The van der Waals surface area contributed by atoms with Gasteiger partial charge in [-0.05, 0) is 25.8 Å². The Hall–Kier alpha value is -2.63. The molecule has 0 unspecified atom stereocenters. The van der Waals surface area contributed by atoms with Crippen LogP contribution in [0.25, 0.3) is 0 Å². The summed E-state index contributed by atoms with van der Waals surface area (Å²) in [4.78, 5) is 26.2. The highest BCUT2D eigenvalue weighted by Crippen LogP contribution is 2.15. The fourth-order valence-corrected chi connectivity index (χ4v) is 3.19. The lowest BCUT2D eigenvalue weighted by molar-refractivity contribution is -0.127. The Kier molecular flexibility index (Phi) is 5.16. The molecule has 0 bridgehead atoms. The number of likely N-dealkylation sites (tertiary alicyclic amines) is 1. The zero-order valence-corrected chi connectivity index (χ0v) is 14.6. The van der Waals surface area contributed by atoms with E-state index < -0.39 is 0 Å². The highest BCUT2D eigenvalue weighted by Gasteiger charge is 2.30. The average molecular weight is 341 g/mol. The molecule has 1 aromatic carbocycles. The molecule has 6 heteroatoms. The largest absolute Gasteiger partial charge is 0.361 e. The van der Waals surface area contributed by atoms with Crippen molar-refractivity contribution in [3.05, 3.63) is 52.9 Å². The maximum absolute atomic E-state index is 12.3. The van der Waals surface area contributed by atoms with E-state index in [0.717, 1.165) is 17.7 Å². The van der Waals surface area contributed by atoms with Crippen LogP contribution in [0.4, 0.5) is 0 Å². The second kappa shape index (κ2) is 7.51. The number of benzene rings is 1. The van der Waals surface area contributed by atoms with E-state index >= 15 is 0 Å². The van der Waals surface area contributed by atoms with Gasteiger partial charge in [-0.25, -0.2) is 0 Å². The maximum Gasteiger partial charge on any atom is 0.224 e. The zero-order valence-electron chi connectivity index (χ0n) is 14.6. The number of amides is 2. The van der Waals surface area contributed by atoms with E-state index in [-0.39, 0.29) is 24.3 Å². The highest BCUT2D eigenvalue weighted by molar-refractivity contribution is 5.83. The number of rotatable bonds is 6. The maximum atomic E-state index is 12.3. The van der Waals surface area contributed by atoms with Crippen molar-refractivity contribution in [3.8, 4) is 0 Å². The van der Waals surface area contributed by atoms with Crippen LogP contribution in [0.1, 0.15) is 29.0 Å². The van der Waals surface area contributed by atoms with E-state index in [1.165, 1.54) is 5.56 Å². The van der Waals surface area contributed by atoms with Gasteiger partial charge in [0.15, 0.2) is 0 Å². The molecule has 1 atom stereocenters. The first-order valence-electron chi connectivity index (χ1n) is 8.55. The third-order valence-corrected chi connectivity index (χ3v) is 4.61. The van der Waals surface area contributed by atoms with Crippen molar-refractivity contribution in [2.45, 2.75) is 39.2 Å². The molecule has 2 amide bonds. The van der Waals surface area contributed by atoms with Gasteiger partial charge in [-0.15, -0.1) is 0 Å². The molecule has 1 aliphatic heterocycles. The predicted molar refractivity (Wildman–Crippen MR) is 93.0 cm³/mol. The molecule has 1 saturated heterocycles. The molecule has 2 aromatic rings. The molecule has 3 rings (SSSR count). The van der Waals surface area contributed by atoms with Crippen molar-refractivity contribution in [1.29, 1.82) is 0 Å². The Morgan fingerprint density at radius 3 is 2.76 bits per heavy atom. The summed E-state index contributed by atoms with van der Waals surface area (Å²) in [5, 5.41) is 6.82. The van der Waals surface area contributed by atoms with Crippen LogP contribution in [0.15, 0.2) is 34.9 Å². The van der Waals surface area contributed by atoms with E-state index in [0.29, 0.717) is 25.3 Å². The van der Waals surface area contributed by atoms with Crippen molar-refractivity contribution in [1.82, 2.24) is 15.4 Å². The van der Waals surface area contributed by atoms with Crippen molar-refractivity contribution >= 4 is 11.8 Å². The van der Waals surface area contributed by atoms with Gasteiger partial charge in [0.25, 0.3) is 0 Å². The summed E-state index contributed by atoms with van der Waals surface area (Å²) in [6.45, 7) is 4.87. The van der Waals surface area contributed by atoms with E-state index in [4.69, 9.17) is 4.52 Å².